The lowest BCUT2D eigenvalue weighted by Gasteiger charge is -2.40. The molecule has 10 heteroatoms. The lowest BCUT2D eigenvalue weighted by atomic mass is 10.0. The number of rotatable bonds is 3. The number of hydrogen-bond donors (Lipinski definition) is 1. The lowest BCUT2D eigenvalue weighted by Crippen LogP contribution is -2.50. The van der Waals surface area contributed by atoms with Crippen molar-refractivity contribution in [3.63, 3.8) is 0 Å². The van der Waals surface area contributed by atoms with Crippen LogP contribution in [0.5, 0.6) is 0 Å². The van der Waals surface area contributed by atoms with E-state index in [1.165, 1.54) is 11.8 Å². The van der Waals surface area contributed by atoms with E-state index >= 15 is 0 Å². The first kappa shape index (κ1) is 14.6. The predicted octanol–water partition coefficient (Wildman–Crippen LogP) is 0.169. The minimum Gasteiger partial charge on any atom is -0.370 e. The number of ether oxygens (including phenoxy) is 1. The highest BCUT2D eigenvalue weighted by Gasteiger charge is 2.37. The van der Waals surface area contributed by atoms with Gasteiger partial charge in [-0.05, 0) is 13.3 Å². The van der Waals surface area contributed by atoms with Crippen LogP contribution in [0.15, 0.2) is 11.4 Å². The van der Waals surface area contributed by atoms with Gasteiger partial charge in [-0.2, -0.15) is 0 Å². The molecule has 0 spiro atoms. The summed E-state index contributed by atoms with van der Waals surface area (Å²) in [4.78, 5) is 18.5. The molecule has 1 fully saturated rings. The van der Waals surface area contributed by atoms with Gasteiger partial charge in [0.15, 0.2) is 0 Å². The number of nitrogens with zero attached hydrogens (tertiary/aromatic N) is 6. The van der Waals surface area contributed by atoms with Crippen LogP contribution in [0.4, 0.5) is 0 Å². The van der Waals surface area contributed by atoms with Crippen molar-refractivity contribution in [1.29, 1.82) is 0 Å². The van der Waals surface area contributed by atoms with Gasteiger partial charge in [-0.15, -0.1) is 10.2 Å². The maximum Gasteiger partial charge on any atom is 0.233 e. The average Bonchev–Trinajstić information content (AvgIpc) is 3.20. The molecule has 0 saturated carbocycles. The molecule has 122 valence electrons. The number of nitrogens with one attached hydrogen (secondary N) is 1. The molecular formula is C13H17N7O2S. The van der Waals surface area contributed by atoms with Crippen molar-refractivity contribution in [1.82, 2.24) is 35.1 Å². The summed E-state index contributed by atoms with van der Waals surface area (Å²) in [6.45, 7) is 3.69. The maximum absolute atomic E-state index is 12.5. The van der Waals surface area contributed by atoms with Gasteiger partial charge in [0.05, 0.1) is 36.4 Å². The number of aryl methyl sites for hydroxylation is 1. The molecule has 4 heterocycles. The fraction of sp³-hybridized carbons (Fsp3) is 0.615. The number of carbonyl (C=O) groups is 1. The van der Waals surface area contributed by atoms with Gasteiger partial charge in [0.25, 0.3) is 0 Å². The molecule has 0 aliphatic carbocycles. The van der Waals surface area contributed by atoms with Gasteiger partial charge in [-0.25, -0.2) is 9.67 Å². The van der Waals surface area contributed by atoms with E-state index in [0.717, 1.165) is 17.9 Å². The summed E-state index contributed by atoms with van der Waals surface area (Å²) in [6.07, 6.45) is 2.65. The summed E-state index contributed by atoms with van der Waals surface area (Å²) in [6, 6.07) is 0.0507. The van der Waals surface area contributed by atoms with Gasteiger partial charge in [0, 0.05) is 13.1 Å². The summed E-state index contributed by atoms with van der Waals surface area (Å²) in [5.74, 6) is 1.17. The van der Waals surface area contributed by atoms with Crippen LogP contribution in [-0.4, -0.2) is 65.9 Å². The predicted molar refractivity (Wildman–Crippen MR) is 80.7 cm³/mol. The van der Waals surface area contributed by atoms with E-state index in [-0.39, 0.29) is 18.1 Å². The Morgan fingerprint density at radius 2 is 2.48 bits per heavy atom. The Labute approximate surface area is 136 Å². The molecular weight excluding hydrogens is 318 g/mol. The molecule has 2 unspecified atom stereocenters. The number of fused-ring (bicyclic) bond motifs is 3. The molecule has 0 radical (unpaired) electrons. The molecule has 2 aliphatic heterocycles. The highest BCUT2D eigenvalue weighted by atomic mass is 32.2. The molecule has 2 atom stereocenters. The Balaban J connectivity index is 1.40. The van der Waals surface area contributed by atoms with E-state index in [1.54, 1.807) is 6.20 Å². The second-order valence-corrected chi connectivity index (χ2v) is 6.65. The van der Waals surface area contributed by atoms with Gasteiger partial charge < -0.3 is 9.64 Å². The molecule has 1 N–H and O–H groups in total. The number of likely N-dealkylation sites (tertiary alicyclic amines) is 1. The van der Waals surface area contributed by atoms with Crippen LogP contribution in [0.25, 0.3) is 0 Å². The average molecular weight is 335 g/mol. The van der Waals surface area contributed by atoms with E-state index in [0.29, 0.717) is 30.6 Å². The van der Waals surface area contributed by atoms with Crippen LogP contribution < -0.4 is 0 Å². The number of aromatic amines is 1. The van der Waals surface area contributed by atoms with Gasteiger partial charge >= 0.3 is 0 Å². The maximum atomic E-state index is 12.5. The van der Waals surface area contributed by atoms with Crippen molar-refractivity contribution in [3.05, 3.63) is 17.7 Å². The zero-order valence-electron chi connectivity index (χ0n) is 12.7. The Morgan fingerprint density at radius 1 is 1.57 bits per heavy atom. The van der Waals surface area contributed by atoms with Crippen LogP contribution in [0.1, 0.15) is 24.0 Å². The Hall–Kier alpha value is -1.94. The summed E-state index contributed by atoms with van der Waals surface area (Å²) < 4.78 is 7.76. The van der Waals surface area contributed by atoms with Crippen LogP contribution in [-0.2, 0) is 16.1 Å². The SMILES string of the molecule is Cc1nc(SCC(=O)N2CCC3OCc4cnnn4C3C2)n[nH]1. The van der Waals surface area contributed by atoms with Crippen LogP contribution in [0.3, 0.4) is 0 Å². The van der Waals surface area contributed by atoms with Crippen LogP contribution >= 0.6 is 11.8 Å². The molecule has 1 saturated heterocycles. The zero-order valence-corrected chi connectivity index (χ0v) is 13.5. The first-order valence-corrected chi connectivity index (χ1v) is 8.49. The van der Waals surface area contributed by atoms with Crippen molar-refractivity contribution >= 4 is 17.7 Å². The molecule has 2 aliphatic rings. The molecule has 2 aromatic heterocycles. The highest BCUT2D eigenvalue weighted by molar-refractivity contribution is 7.99. The van der Waals surface area contributed by atoms with E-state index in [2.05, 4.69) is 25.5 Å². The van der Waals surface area contributed by atoms with Crippen LogP contribution in [0.2, 0.25) is 0 Å². The second kappa shape index (κ2) is 5.93. The summed E-state index contributed by atoms with van der Waals surface area (Å²) in [5, 5.41) is 15.5. The third-order valence-corrected chi connectivity index (χ3v) is 5.01. The minimum atomic E-state index is 0.0507. The van der Waals surface area contributed by atoms with E-state index in [9.17, 15) is 4.79 Å². The summed E-state index contributed by atoms with van der Waals surface area (Å²) in [7, 11) is 0. The fourth-order valence-electron chi connectivity index (χ4n) is 3.01. The third kappa shape index (κ3) is 2.83. The van der Waals surface area contributed by atoms with E-state index in [1.807, 2.05) is 16.5 Å². The molecule has 1 amide bonds. The number of amides is 1. The first-order chi connectivity index (χ1) is 11.2. The number of piperidine rings is 1. The van der Waals surface area contributed by atoms with Crippen molar-refractivity contribution in [2.75, 3.05) is 18.8 Å². The number of thioether (sulfide) groups is 1. The Bertz CT molecular complexity index is 715. The normalized spacial score (nSPS) is 23.4. The van der Waals surface area contributed by atoms with Crippen molar-refractivity contribution in [2.24, 2.45) is 0 Å². The Morgan fingerprint density at radius 3 is 3.30 bits per heavy atom. The molecule has 4 rings (SSSR count). The molecule has 0 aromatic carbocycles. The summed E-state index contributed by atoms with van der Waals surface area (Å²) in [5.41, 5.74) is 0.964. The van der Waals surface area contributed by atoms with E-state index in [4.69, 9.17) is 4.74 Å². The smallest absolute Gasteiger partial charge is 0.233 e. The van der Waals surface area contributed by atoms with Gasteiger partial charge in [0.1, 0.15) is 5.82 Å². The largest absolute Gasteiger partial charge is 0.370 e. The molecule has 0 bridgehead atoms. The third-order valence-electron chi connectivity index (χ3n) is 4.18. The minimum absolute atomic E-state index is 0.0507. The van der Waals surface area contributed by atoms with Gasteiger partial charge in [-0.1, -0.05) is 17.0 Å². The molecule has 9 nitrogen and oxygen atoms in total. The fourth-order valence-corrected chi connectivity index (χ4v) is 3.76. The standard InChI is InChI=1S/C13H17N7O2S/c1-8-15-13(17-16-8)23-7-12(21)19-3-2-11-10(5-19)20-9(6-22-11)4-14-18-20/h4,10-11H,2-3,5-7H2,1H3,(H,15,16,17). The topological polar surface area (TPSA) is 102 Å². The monoisotopic (exact) mass is 335 g/mol. The van der Waals surface area contributed by atoms with Crippen molar-refractivity contribution in [2.45, 2.75) is 37.3 Å². The summed E-state index contributed by atoms with van der Waals surface area (Å²) >= 11 is 1.35. The van der Waals surface area contributed by atoms with Crippen molar-refractivity contribution < 1.29 is 9.53 Å². The van der Waals surface area contributed by atoms with Gasteiger partial charge in [0.2, 0.25) is 11.1 Å². The first-order valence-electron chi connectivity index (χ1n) is 7.51. The van der Waals surface area contributed by atoms with Gasteiger partial charge in [-0.3, -0.25) is 9.89 Å². The number of carbonyl (C=O) groups excluding carboxylic acids is 1. The highest BCUT2D eigenvalue weighted by Crippen LogP contribution is 2.30. The van der Waals surface area contributed by atoms with Crippen molar-refractivity contribution in [3.8, 4) is 0 Å². The lowest BCUT2D eigenvalue weighted by molar-refractivity contribution is -0.135. The Kier molecular flexibility index (Phi) is 3.77. The number of H-pyrrole nitrogens is 1. The molecule has 23 heavy (non-hydrogen) atoms. The molecule has 2 aromatic rings. The van der Waals surface area contributed by atoms with Crippen LogP contribution in [0, 0.1) is 6.92 Å². The zero-order chi connectivity index (χ0) is 15.8. The van der Waals surface area contributed by atoms with E-state index < -0.39 is 0 Å². The second-order valence-electron chi connectivity index (χ2n) is 5.71. The quantitative estimate of drug-likeness (QED) is 0.798. The number of aromatic nitrogens is 6. The number of hydrogen-bond acceptors (Lipinski definition) is 7.